The fourth-order valence-corrected chi connectivity index (χ4v) is 5.02. The van der Waals surface area contributed by atoms with Crippen molar-refractivity contribution in [3.63, 3.8) is 0 Å². The number of anilines is 3. The van der Waals surface area contributed by atoms with Gasteiger partial charge in [-0.15, -0.1) is 0 Å². The Kier molecular flexibility index (Phi) is 10.5. The molecule has 43 heavy (non-hydrogen) atoms. The lowest BCUT2D eigenvalue weighted by molar-refractivity contribution is -0.111. The number of nitrogens with zero attached hydrogens (tertiary/aromatic N) is 6. The molecule has 1 amide bonds. The van der Waals surface area contributed by atoms with Crippen LogP contribution in [0.25, 0.3) is 4.85 Å². The molecule has 1 fully saturated rings. The maximum absolute atomic E-state index is 13.4. The van der Waals surface area contributed by atoms with Crippen LogP contribution in [-0.4, -0.2) is 87.0 Å². The number of amides is 1. The Hall–Kier alpha value is -4.75. The van der Waals surface area contributed by atoms with E-state index in [4.69, 9.17) is 11.3 Å². The van der Waals surface area contributed by atoms with Crippen molar-refractivity contribution in [1.82, 2.24) is 14.9 Å². The average molecular weight is 582 g/mol. The van der Waals surface area contributed by atoms with Gasteiger partial charge in [0.25, 0.3) is 0 Å². The van der Waals surface area contributed by atoms with E-state index in [0.29, 0.717) is 34.9 Å². The number of aromatic nitrogens is 2. The predicted octanol–water partition coefficient (Wildman–Crippen LogP) is 4.32. The summed E-state index contributed by atoms with van der Waals surface area (Å²) in [4.78, 5) is 44.7. The van der Waals surface area contributed by atoms with Crippen molar-refractivity contribution in [2.45, 2.75) is 25.3 Å². The molecule has 1 aliphatic rings. The van der Waals surface area contributed by atoms with Gasteiger partial charge in [-0.1, -0.05) is 6.58 Å². The van der Waals surface area contributed by atoms with E-state index in [1.807, 2.05) is 57.5 Å². The summed E-state index contributed by atoms with van der Waals surface area (Å²) in [5, 5.41) is 2.91. The van der Waals surface area contributed by atoms with Gasteiger partial charge in [-0.05, 0) is 56.6 Å². The standard InChI is InChI=1S/C33H39N7O3/c1-7-32(41)37-28-20-24(30(43-6)22-29(28)39(5)19-18-38(3)4)21-31-35-15-12-27(36-31)33(42)23-8-10-26(11-9-23)40-16-13-25(34-2)14-17-40/h7-12,15,20,22,25H,1,13-14,16-19,21H2,3-6H3,(H,37,41). The first-order chi connectivity index (χ1) is 20.7. The molecule has 1 saturated heterocycles. The molecule has 0 spiro atoms. The van der Waals surface area contributed by atoms with E-state index in [2.05, 4.69) is 41.4 Å². The monoisotopic (exact) mass is 581 g/mol. The maximum atomic E-state index is 13.4. The van der Waals surface area contributed by atoms with Crippen molar-refractivity contribution < 1.29 is 14.3 Å². The Morgan fingerprint density at radius 1 is 1.14 bits per heavy atom. The second kappa shape index (κ2) is 14.4. The molecular weight excluding hydrogens is 542 g/mol. The van der Waals surface area contributed by atoms with E-state index in [0.717, 1.165) is 56.0 Å². The quantitative estimate of drug-likeness (QED) is 0.192. The molecule has 10 nitrogen and oxygen atoms in total. The molecule has 0 bridgehead atoms. The smallest absolute Gasteiger partial charge is 0.247 e. The minimum atomic E-state index is -0.318. The van der Waals surface area contributed by atoms with Crippen molar-refractivity contribution in [1.29, 1.82) is 0 Å². The molecule has 10 heteroatoms. The van der Waals surface area contributed by atoms with E-state index >= 15 is 0 Å². The van der Waals surface area contributed by atoms with Crippen LogP contribution in [0.5, 0.6) is 5.75 Å². The van der Waals surface area contributed by atoms with Crippen LogP contribution in [0.4, 0.5) is 17.1 Å². The number of carbonyl (C=O) groups excluding carboxylic acids is 2. The number of carbonyl (C=O) groups is 2. The maximum Gasteiger partial charge on any atom is 0.247 e. The van der Waals surface area contributed by atoms with Crippen LogP contribution in [0, 0.1) is 6.57 Å². The van der Waals surface area contributed by atoms with Gasteiger partial charge in [0.2, 0.25) is 17.7 Å². The molecule has 0 aliphatic carbocycles. The summed E-state index contributed by atoms with van der Waals surface area (Å²) in [5.74, 6) is 0.574. The summed E-state index contributed by atoms with van der Waals surface area (Å²) >= 11 is 0. The number of piperidine rings is 1. The molecule has 4 rings (SSSR count). The second-order valence-corrected chi connectivity index (χ2v) is 10.9. The summed E-state index contributed by atoms with van der Waals surface area (Å²) in [6, 6.07) is 13.0. The number of methoxy groups -OCH3 is 1. The normalized spacial score (nSPS) is 13.3. The van der Waals surface area contributed by atoms with Crippen LogP contribution in [0.2, 0.25) is 0 Å². The van der Waals surface area contributed by atoms with Crippen molar-refractivity contribution in [3.05, 3.63) is 95.4 Å². The van der Waals surface area contributed by atoms with Crippen LogP contribution in [0.1, 0.15) is 40.3 Å². The van der Waals surface area contributed by atoms with Crippen LogP contribution in [0.15, 0.2) is 61.3 Å². The zero-order chi connectivity index (χ0) is 30.9. The molecule has 1 N–H and O–H groups in total. The topological polar surface area (TPSA) is 95.3 Å². The van der Waals surface area contributed by atoms with Crippen LogP contribution in [-0.2, 0) is 11.2 Å². The number of benzene rings is 2. The number of nitrogens with one attached hydrogen (secondary N) is 1. The Morgan fingerprint density at radius 2 is 1.86 bits per heavy atom. The summed E-state index contributed by atoms with van der Waals surface area (Å²) in [5.41, 5.74) is 4.08. The van der Waals surface area contributed by atoms with Crippen LogP contribution >= 0.6 is 0 Å². The van der Waals surface area contributed by atoms with Gasteiger partial charge in [0.05, 0.1) is 18.5 Å². The molecule has 0 unspecified atom stereocenters. The molecule has 2 aromatic carbocycles. The summed E-state index contributed by atoms with van der Waals surface area (Å²) in [6.07, 6.45) is 4.83. The lowest BCUT2D eigenvalue weighted by Crippen LogP contribution is -2.34. The van der Waals surface area contributed by atoms with E-state index < -0.39 is 0 Å². The summed E-state index contributed by atoms with van der Waals surface area (Å²) in [6.45, 7) is 14.1. The van der Waals surface area contributed by atoms with Crippen molar-refractivity contribution in [3.8, 4) is 5.75 Å². The number of likely N-dealkylation sites (N-methyl/N-ethyl adjacent to an activating group) is 2. The largest absolute Gasteiger partial charge is 0.496 e. The zero-order valence-corrected chi connectivity index (χ0v) is 25.3. The average Bonchev–Trinajstić information content (AvgIpc) is 3.03. The van der Waals surface area contributed by atoms with Gasteiger partial charge in [-0.25, -0.2) is 16.5 Å². The number of hydrogen-bond acceptors (Lipinski definition) is 8. The minimum Gasteiger partial charge on any atom is -0.496 e. The SMILES string of the molecule is [C-]#[N+]C1CCN(c2ccc(C(=O)c3ccnc(Cc4cc(NC(=O)C=C)c(N(C)CCN(C)C)cc4OC)n3)cc2)CC1. The highest BCUT2D eigenvalue weighted by Gasteiger charge is 2.23. The molecule has 0 radical (unpaired) electrons. The Labute approximate surface area is 253 Å². The van der Waals surface area contributed by atoms with Crippen LogP contribution in [0.3, 0.4) is 0 Å². The Bertz CT molecular complexity index is 1490. The van der Waals surface area contributed by atoms with E-state index in [1.54, 1.807) is 19.4 Å². The lowest BCUT2D eigenvalue weighted by atomic mass is 10.0. The number of ether oxygens (including phenoxy) is 1. The molecule has 1 aromatic heterocycles. The van der Waals surface area contributed by atoms with Gasteiger partial charge in [0, 0.05) is 81.6 Å². The molecule has 0 saturated carbocycles. The third-order valence-electron chi connectivity index (χ3n) is 7.56. The molecule has 3 aromatic rings. The molecular formula is C33H39N7O3. The van der Waals surface area contributed by atoms with Crippen LogP contribution < -0.4 is 19.9 Å². The number of rotatable bonds is 12. The van der Waals surface area contributed by atoms with Gasteiger partial charge < -0.3 is 29.6 Å². The number of hydrogen-bond donors (Lipinski definition) is 1. The first-order valence-corrected chi connectivity index (χ1v) is 14.3. The first kappa shape index (κ1) is 31.2. The van der Waals surface area contributed by atoms with Gasteiger partial charge in [0.15, 0.2) is 0 Å². The summed E-state index contributed by atoms with van der Waals surface area (Å²) < 4.78 is 5.73. The first-order valence-electron chi connectivity index (χ1n) is 14.3. The molecule has 224 valence electrons. The van der Waals surface area contributed by atoms with Gasteiger partial charge in [-0.2, -0.15) is 0 Å². The molecule has 2 heterocycles. The minimum absolute atomic E-state index is 0.105. The van der Waals surface area contributed by atoms with E-state index in [-0.39, 0.29) is 17.7 Å². The van der Waals surface area contributed by atoms with Crippen molar-refractivity contribution in [2.24, 2.45) is 0 Å². The van der Waals surface area contributed by atoms with Gasteiger partial charge >= 0.3 is 0 Å². The molecule has 1 aliphatic heterocycles. The fourth-order valence-electron chi connectivity index (χ4n) is 5.02. The lowest BCUT2D eigenvalue weighted by Gasteiger charge is -2.29. The Morgan fingerprint density at radius 3 is 2.49 bits per heavy atom. The Balaban J connectivity index is 1.55. The highest BCUT2D eigenvalue weighted by molar-refractivity contribution is 6.07. The van der Waals surface area contributed by atoms with Crippen molar-refractivity contribution in [2.75, 3.05) is 69.5 Å². The number of ketones is 1. The van der Waals surface area contributed by atoms with Gasteiger partial charge in [0.1, 0.15) is 17.3 Å². The predicted molar refractivity (Wildman–Crippen MR) is 170 cm³/mol. The summed E-state index contributed by atoms with van der Waals surface area (Å²) in [7, 11) is 7.58. The third kappa shape index (κ3) is 7.96. The second-order valence-electron chi connectivity index (χ2n) is 10.9. The van der Waals surface area contributed by atoms with Gasteiger partial charge in [-0.3, -0.25) is 9.59 Å². The fraction of sp³-hybridized carbons (Fsp3) is 0.364. The van der Waals surface area contributed by atoms with E-state index in [9.17, 15) is 9.59 Å². The van der Waals surface area contributed by atoms with E-state index in [1.165, 1.54) is 6.08 Å². The molecule has 0 atom stereocenters. The highest BCUT2D eigenvalue weighted by atomic mass is 16.5. The zero-order valence-electron chi connectivity index (χ0n) is 25.3. The third-order valence-corrected chi connectivity index (χ3v) is 7.56. The van der Waals surface area contributed by atoms with Crippen molar-refractivity contribution >= 4 is 28.8 Å². The highest BCUT2D eigenvalue weighted by Crippen LogP contribution is 2.34.